The van der Waals surface area contributed by atoms with Crippen molar-refractivity contribution in [3.05, 3.63) is 71.3 Å². The molecule has 0 saturated heterocycles. The average molecular weight is 295 g/mol. The second-order valence-electron chi connectivity index (χ2n) is 5.71. The van der Waals surface area contributed by atoms with Crippen molar-refractivity contribution in [2.45, 2.75) is 39.1 Å². The Morgan fingerprint density at radius 2 is 1.77 bits per heavy atom. The smallest absolute Gasteiger partial charge is 0.256 e. The molecule has 0 radical (unpaired) electrons. The molecule has 2 atom stereocenters. The topological polar surface area (TPSA) is 29.5 Å². The first-order chi connectivity index (χ1) is 10.7. The van der Waals surface area contributed by atoms with E-state index in [1.54, 1.807) is 0 Å². The largest absolute Gasteiger partial charge is 0.351 e. The van der Waals surface area contributed by atoms with E-state index in [4.69, 9.17) is 4.74 Å². The highest BCUT2D eigenvalue weighted by molar-refractivity contribution is 5.98. The Hall–Kier alpha value is -2.13. The number of carbonyl (C=O) groups is 1. The van der Waals surface area contributed by atoms with E-state index in [-0.39, 0.29) is 18.2 Å². The van der Waals surface area contributed by atoms with Gasteiger partial charge in [0.2, 0.25) is 0 Å². The van der Waals surface area contributed by atoms with E-state index in [2.05, 4.69) is 6.92 Å². The van der Waals surface area contributed by atoms with Crippen LogP contribution in [0, 0.1) is 0 Å². The van der Waals surface area contributed by atoms with E-state index in [0.717, 1.165) is 23.1 Å². The Labute approximate surface area is 131 Å². The number of hydrogen-bond donors (Lipinski definition) is 0. The molecule has 0 unspecified atom stereocenters. The molecular formula is C19H21NO2. The van der Waals surface area contributed by atoms with Crippen LogP contribution in [0.25, 0.3) is 0 Å². The van der Waals surface area contributed by atoms with E-state index in [0.29, 0.717) is 6.54 Å². The summed E-state index contributed by atoms with van der Waals surface area (Å²) in [5.41, 5.74) is 2.84. The van der Waals surface area contributed by atoms with Crippen molar-refractivity contribution >= 4 is 5.91 Å². The van der Waals surface area contributed by atoms with Gasteiger partial charge in [-0.2, -0.15) is 0 Å². The highest BCUT2D eigenvalue weighted by Gasteiger charge is 2.37. The second kappa shape index (κ2) is 6.32. The molecule has 1 amide bonds. The number of fused-ring (bicyclic) bond motifs is 1. The first-order valence-electron chi connectivity index (χ1n) is 7.80. The summed E-state index contributed by atoms with van der Waals surface area (Å²) in [6.45, 7) is 4.70. The van der Waals surface area contributed by atoms with E-state index in [1.807, 2.05) is 66.4 Å². The molecule has 3 rings (SSSR count). The van der Waals surface area contributed by atoms with Gasteiger partial charge >= 0.3 is 0 Å². The van der Waals surface area contributed by atoms with Gasteiger partial charge in [0.15, 0.2) is 6.23 Å². The number of nitrogens with zero attached hydrogens (tertiary/aromatic N) is 1. The van der Waals surface area contributed by atoms with Crippen LogP contribution in [-0.4, -0.2) is 16.9 Å². The molecule has 114 valence electrons. The van der Waals surface area contributed by atoms with Crippen LogP contribution in [0.15, 0.2) is 54.6 Å². The van der Waals surface area contributed by atoms with Crippen molar-refractivity contribution in [2.24, 2.45) is 0 Å². The molecule has 1 aliphatic heterocycles. The lowest BCUT2D eigenvalue weighted by atomic mass is 10.1. The molecule has 0 aromatic heterocycles. The fourth-order valence-corrected chi connectivity index (χ4v) is 2.73. The third kappa shape index (κ3) is 2.77. The van der Waals surface area contributed by atoms with Gasteiger partial charge in [-0.1, -0.05) is 55.5 Å². The summed E-state index contributed by atoms with van der Waals surface area (Å²) in [5.74, 6) is 0.0488. The summed E-state index contributed by atoms with van der Waals surface area (Å²) in [4.78, 5) is 14.6. The minimum atomic E-state index is -0.293. The first-order valence-corrected chi connectivity index (χ1v) is 7.80. The molecule has 3 nitrogen and oxygen atoms in total. The van der Waals surface area contributed by atoms with Crippen LogP contribution >= 0.6 is 0 Å². The number of carbonyl (C=O) groups excluding carboxylic acids is 1. The summed E-state index contributed by atoms with van der Waals surface area (Å²) in [6, 6.07) is 17.8. The van der Waals surface area contributed by atoms with Crippen molar-refractivity contribution in [3.8, 4) is 0 Å². The summed E-state index contributed by atoms with van der Waals surface area (Å²) < 4.78 is 6.15. The van der Waals surface area contributed by atoms with Crippen LogP contribution in [0.4, 0.5) is 0 Å². The summed E-state index contributed by atoms with van der Waals surface area (Å²) in [5, 5.41) is 0. The van der Waals surface area contributed by atoms with Gasteiger partial charge < -0.3 is 9.64 Å². The van der Waals surface area contributed by atoms with Crippen molar-refractivity contribution in [2.75, 3.05) is 0 Å². The molecule has 1 aliphatic rings. The van der Waals surface area contributed by atoms with Crippen LogP contribution in [-0.2, 0) is 11.3 Å². The van der Waals surface area contributed by atoms with Crippen molar-refractivity contribution in [1.29, 1.82) is 0 Å². The van der Waals surface area contributed by atoms with Gasteiger partial charge in [0, 0.05) is 17.7 Å². The molecule has 0 saturated carbocycles. The van der Waals surface area contributed by atoms with Crippen LogP contribution in [0.5, 0.6) is 0 Å². The average Bonchev–Trinajstić information content (AvgIpc) is 2.82. The molecular weight excluding hydrogens is 274 g/mol. The Balaban J connectivity index is 1.91. The molecule has 3 heteroatoms. The number of ether oxygens (including phenoxy) is 1. The van der Waals surface area contributed by atoms with Gasteiger partial charge in [-0.05, 0) is 25.0 Å². The first kappa shape index (κ1) is 14.8. The SMILES string of the molecule is CC[C@H](C)O[C@H]1c2ccccc2C(=O)N1Cc1ccccc1. The molecule has 0 aliphatic carbocycles. The summed E-state index contributed by atoms with van der Waals surface area (Å²) in [6.07, 6.45) is 0.743. The maximum Gasteiger partial charge on any atom is 0.256 e. The lowest BCUT2D eigenvalue weighted by Crippen LogP contribution is -2.31. The lowest BCUT2D eigenvalue weighted by molar-refractivity contribution is -0.0789. The predicted molar refractivity (Wildman–Crippen MR) is 86.3 cm³/mol. The number of amides is 1. The van der Waals surface area contributed by atoms with E-state index >= 15 is 0 Å². The van der Waals surface area contributed by atoms with Crippen LogP contribution in [0.1, 0.15) is 48.0 Å². The zero-order valence-electron chi connectivity index (χ0n) is 13.0. The fourth-order valence-electron chi connectivity index (χ4n) is 2.73. The Morgan fingerprint density at radius 1 is 1.09 bits per heavy atom. The summed E-state index contributed by atoms with van der Waals surface area (Å²) >= 11 is 0. The number of hydrogen-bond acceptors (Lipinski definition) is 2. The van der Waals surface area contributed by atoms with Gasteiger partial charge in [-0.15, -0.1) is 0 Å². The molecule has 0 spiro atoms. The third-order valence-corrected chi connectivity index (χ3v) is 4.13. The van der Waals surface area contributed by atoms with Crippen LogP contribution in [0.2, 0.25) is 0 Å². The molecule has 22 heavy (non-hydrogen) atoms. The van der Waals surface area contributed by atoms with Gasteiger partial charge in [0.1, 0.15) is 0 Å². The zero-order chi connectivity index (χ0) is 15.5. The van der Waals surface area contributed by atoms with Crippen LogP contribution in [0.3, 0.4) is 0 Å². The standard InChI is InChI=1S/C19H21NO2/c1-3-14(2)22-19-17-12-8-7-11-16(17)18(21)20(19)13-15-9-5-4-6-10-15/h4-12,14,19H,3,13H2,1-2H3/t14-,19-/m0/s1. The quantitative estimate of drug-likeness (QED) is 0.829. The maximum absolute atomic E-state index is 12.7. The molecule has 0 fully saturated rings. The third-order valence-electron chi connectivity index (χ3n) is 4.13. The summed E-state index contributed by atoms with van der Waals surface area (Å²) in [7, 11) is 0. The van der Waals surface area contributed by atoms with Gasteiger partial charge in [0.25, 0.3) is 5.91 Å². The van der Waals surface area contributed by atoms with E-state index in [1.165, 1.54) is 0 Å². The Kier molecular flexibility index (Phi) is 4.25. The molecule has 1 heterocycles. The van der Waals surface area contributed by atoms with Crippen LogP contribution < -0.4 is 0 Å². The molecule has 2 aromatic carbocycles. The minimum Gasteiger partial charge on any atom is -0.351 e. The van der Waals surface area contributed by atoms with E-state index in [9.17, 15) is 4.79 Å². The van der Waals surface area contributed by atoms with Gasteiger partial charge in [-0.25, -0.2) is 0 Å². The normalized spacial score (nSPS) is 18.4. The second-order valence-corrected chi connectivity index (χ2v) is 5.71. The van der Waals surface area contributed by atoms with Gasteiger partial charge in [0.05, 0.1) is 6.10 Å². The van der Waals surface area contributed by atoms with Crippen molar-refractivity contribution in [3.63, 3.8) is 0 Å². The Morgan fingerprint density at radius 3 is 2.50 bits per heavy atom. The maximum atomic E-state index is 12.7. The molecule has 0 N–H and O–H groups in total. The number of rotatable bonds is 5. The molecule has 0 bridgehead atoms. The highest BCUT2D eigenvalue weighted by atomic mass is 16.5. The fraction of sp³-hybridized carbons (Fsp3) is 0.316. The number of benzene rings is 2. The highest BCUT2D eigenvalue weighted by Crippen LogP contribution is 2.36. The minimum absolute atomic E-state index is 0.0488. The zero-order valence-corrected chi connectivity index (χ0v) is 13.0. The van der Waals surface area contributed by atoms with Gasteiger partial charge in [-0.3, -0.25) is 4.79 Å². The predicted octanol–water partition coefficient (Wildman–Crippen LogP) is 4.16. The van der Waals surface area contributed by atoms with Crippen molar-refractivity contribution in [1.82, 2.24) is 4.90 Å². The van der Waals surface area contributed by atoms with E-state index < -0.39 is 0 Å². The molecule has 2 aromatic rings. The lowest BCUT2D eigenvalue weighted by Gasteiger charge is -2.28. The monoisotopic (exact) mass is 295 g/mol. The Bertz CT molecular complexity index is 653. The van der Waals surface area contributed by atoms with Crippen molar-refractivity contribution < 1.29 is 9.53 Å².